The molecule has 0 bridgehead atoms. The van der Waals surface area contributed by atoms with Crippen LogP contribution in [-0.2, 0) is 26.0 Å². The van der Waals surface area contributed by atoms with Crippen LogP contribution in [0.3, 0.4) is 0 Å². The number of ether oxygens (including phenoxy) is 1. The van der Waals surface area contributed by atoms with Crippen LogP contribution in [0.25, 0.3) is 11.0 Å². The number of carbonyl (C=O) groups excluding carboxylic acids is 1. The minimum absolute atomic E-state index is 0.0362. The van der Waals surface area contributed by atoms with E-state index in [2.05, 4.69) is 15.0 Å². The van der Waals surface area contributed by atoms with Crippen LogP contribution in [0.2, 0.25) is 0 Å². The topological polar surface area (TPSA) is 105 Å². The van der Waals surface area contributed by atoms with Gasteiger partial charge in [-0.2, -0.15) is 4.31 Å². The molecular weight excluding hydrogens is 464 g/mol. The van der Waals surface area contributed by atoms with Crippen LogP contribution in [0.1, 0.15) is 63.5 Å². The molecule has 1 atom stereocenters. The summed E-state index contributed by atoms with van der Waals surface area (Å²) in [6, 6.07) is 8.25. The van der Waals surface area contributed by atoms with Crippen LogP contribution in [0.4, 0.5) is 0 Å². The van der Waals surface area contributed by atoms with Crippen LogP contribution in [0.15, 0.2) is 41.4 Å². The van der Waals surface area contributed by atoms with E-state index in [-0.39, 0.29) is 23.2 Å². The van der Waals surface area contributed by atoms with E-state index in [1.54, 1.807) is 37.5 Å². The number of benzene rings is 1. The molecular formula is C26H36N4O4S. The molecule has 0 saturated carbocycles. The Morgan fingerprint density at radius 2 is 1.89 bits per heavy atom. The Labute approximate surface area is 208 Å². The maximum Gasteiger partial charge on any atom is 0.307 e. The number of pyridine rings is 1. The minimum atomic E-state index is -3.78. The van der Waals surface area contributed by atoms with Crippen molar-refractivity contribution >= 4 is 27.0 Å². The van der Waals surface area contributed by atoms with Gasteiger partial charge in [0.25, 0.3) is 0 Å². The van der Waals surface area contributed by atoms with Crippen LogP contribution in [0, 0.1) is 12.8 Å². The molecule has 35 heavy (non-hydrogen) atoms. The molecule has 0 saturated heterocycles. The largest absolute Gasteiger partial charge is 0.466 e. The second kappa shape index (κ2) is 11.8. The number of esters is 1. The standard InChI is InChI=1S/C26H36N4O4S/c1-6-7-14-34-25(31)17-21(15-18(2)3)30(5)35(32,33)22-10-8-20(9-11-22)16-24-26-23(12-13-27-24)28-19(4)29-26/h8-13,18,21H,6-7,14-17H2,1-5H3,(H,28,29). The van der Waals surface area contributed by atoms with Crippen molar-refractivity contribution in [3.63, 3.8) is 0 Å². The van der Waals surface area contributed by atoms with Crippen LogP contribution in [-0.4, -0.2) is 53.3 Å². The number of sulfonamides is 1. The van der Waals surface area contributed by atoms with E-state index >= 15 is 0 Å². The number of imidazole rings is 1. The summed E-state index contributed by atoms with van der Waals surface area (Å²) >= 11 is 0. The number of rotatable bonds is 12. The number of aromatic nitrogens is 3. The molecule has 1 unspecified atom stereocenters. The summed E-state index contributed by atoms with van der Waals surface area (Å²) < 4.78 is 33.4. The fourth-order valence-electron chi connectivity index (χ4n) is 4.06. The lowest BCUT2D eigenvalue weighted by atomic mass is 10.0. The average Bonchev–Trinajstić information content (AvgIpc) is 3.19. The van der Waals surface area contributed by atoms with Crippen molar-refractivity contribution in [3.05, 3.63) is 53.6 Å². The predicted molar refractivity (Wildman–Crippen MR) is 137 cm³/mol. The Balaban J connectivity index is 1.75. The maximum absolute atomic E-state index is 13.4. The molecule has 1 aromatic carbocycles. The quantitative estimate of drug-likeness (QED) is 0.287. The molecule has 0 amide bonds. The number of nitrogens with one attached hydrogen (secondary N) is 1. The van der Waals surface area contributed by atoms with Crippen molar-refractivity contribution < 1.29 is 17.9 Å². The third kappa shape index (κ3) is 6.89. The van der Waals surface area contributed by atoms with Crippen molar-refractivity contribution in [2.75, 3.05) is 13.7 Å². The monoisotopic (exact) mass is 500 g/mol. The Bertz CT molecular complexity index is 1240. The van der Waals surface area contributed by atoms with Crippen molar-refractivity contribution in [3.8, 4) is 0 Å². The second-order valence-electron chi connectivity index (χ2n) is 9.38. The van der Waals surface area contributed by atoms with Crippen molar-refractivity contribution in [2.24, 2.45) is 5.92 Å². The molecule has 9 heteroatoms. The minimum Gasteiger partial charge on any atom is -0.466 e. The first kappa shape index (κ1) is 26.8. The molecule has 0 fully saturated rings. The molecule has 0 aliphatic carbocycles. The SMILES string of the molecule is CCCCOC(=O)CC(CC(C)C)N(C)S(=O)(=O)c1ccc(Cc2nccc3[nH]c(C)nc23)cc1. The van der Waals surface area contributed by atoms with Gasteiger partial charge in [0.2, 0.25) is 10.0 Å². The number of aromatic amines is 1. The summed E-state index contributed by atoms with van der Waals surface area (Å²) in [4.78, 5) is 24.7. The number of H-pyrrole nitrogens is 1. The van der Waals surface area contributed by atoms with Gasteiger partial charge < -0.3 is 9.72 Å². The molecule has 3 aromatic rings. The van der Waals surface area contributed by atoms with Crippen molar-refractivity contribution in [1.29, 1.82) is 0 Å². The van der Waals surface area contributed by atoms with E-state index in [0.29, 0.717) is 19.4 Å². The van der Waals surface area contributed by atoms with E-state index in [9.17, 15) is 13.2 Å². The lowest BCUT2D eigenvalue weighted by Gasteiger charge is -2.28. The van der Waals surface area contributed by atoms with E-state index in [0.717, 1.165) is 41.0 Å². The molecule has 0 aliphatic rings. The van der Waals surface area contributed by atoms with E-state index in [1.807, 2.05) is 33.8 Å². The number of fused-ring (bicyclic) bond motifs is 1. The van der Waals surface area contributed by atoms with Gasteiger partial charge in [-0.05, 0) is 49.4 Å². The third-order valence-corrected chi connectivity index (χ3v) is 7.91. The maximum atomic E-state index is 13.4. The first-order valence-corrected chi connectivity index (χ1v) is 13.6. The smallest absolute Gasteiger partial charge is 0.307 e. The number of carbonyl (C=O) groups is 1. The summed E-state index contributed by atoms with van der Waals surface area (Å²) in [5.74, 6) is 0.685. The second-order valence-corrected chi connectivity index (χ2v) is 11.4. The molecule has 8 nitrogen and oxygen atoms in total. The molecule has 2 aromatic heterocycles. The van der Waals surface area contributed by atoms with Gasteiger partial charge in [0.1, 0.15) is 11.3 Å². The summed E-state index contributed by atoms with van der Waals surface area (Å²) in [6.07, 6.45) is 4.61. The Kier molecular flexibility index (Phi) is 9.02. The first-order chi connectivity index (χ1) is 16.6. The van der Waals surface area contributed by atoms with Crippen molar-refractivity contribution in [1.82, 2.24) is 19.3 Å². The molecule has 2 heterocycles. The Hall–Kier alpha value is -2.78. The Morgan fingerprint density at radius 3 is 2.54 bits per heavy atom. The summed E-state index contributed by atoms with van der Waals surface area (Å²) in [7, 11) is -2.24. The highest BCUT2D eigenvalue weighted by Gasteiger charge is 2.30. The summed E-state index contributed by atoms with van der Waals surface area (Å²) in [5.41, 5.74) is 3.52. The molecule has 0 spiro atoms. The zero-order chi connectivity index (χ0) is 25.6. The van der Waals surface area contributed by atoms with Crippen LogP contribution >= 0.6 is 0 Å². The zero-order valence-corrected chi connectivity index (χ0v) is 22.1. The molecule has 0 aliphatic heterocycles. The number of nitrogens with zero attached hydrogens (tertiary/aromatic N) is 3. The van der Waals surface area contributed by atoms with Gasteiger partial charge in [-0.15, -0.1) is 0 Å². The highest BCUT2D eigenvalue weighted by Crippen LogP contribution is 2.24. The number of unbranched alkanes of at least 4 members (excludes halogenated alkanes) is 1. The number of hydrogen-bond acceptors (Lipinski definition) is 6. The summed E-state index contributed by atoms with van der Waals surface area (Å²) in [5, 5.41) is 0. The number of hydrogen-bond donors (Lipinski definition) is 1. The van der Waals surface area contributed by atoms with Crippen molar-refractivity contribution in [2.45, 2.75) is 70.7 Å². The normalized spacial score (nSPS) is 13.0. The van der Waals surface area contributed by atoms with E-state index < -0.39 is 16.1 Å². The van der Waals surface area contributed by atoms with Gasteiger partial charge in [0.05, 0.1) is 29.1 Å². The fourth-order valence-corrected chi connectivity index (χ4v) is 5.43. The van der Waals surface area contributed by atoms with Gasteiger partial charge in [0, 0.05) is 25.7 Å². The number of aryl methyl sites for hydroxylation is 1. The molecule has 1 N–H and O–H groups in total. The third-order valence-electron chi connectivity index (χ3n) is 5.99. The van der Waals surface area contributed by atoms with Gasteiger partial charge in [-0.3, -0.25) is 9.78 Å². The highest BCUT2D eigenvalue weighted by molar-refractivity contribution is 7.89. The molecule has 190 valence electrons. The molecule has 3 rings (SSSR count). The lowest BCUT2D eigenvalue weighted by Crippen LogP contribution is -2.39. The van der Waals surface area contributed by atoms with Crippen LogP contribution in [0.5, 0.6) is 0 Å². The fraction of sp³-hybridized carbons (Fsp3) is 0.500. The van der Waals surface area contributed by atoms with Gasteiger partial charge in [-0.25, -0.2) is 13.4 Å². The van der Waals surface area contributed by atoms with E-state index in [1.165, 1.54) is 4.31 Å². The summed E-state index contributed by atoms with van der Waals surface area (Å²) in [6.45, 7) is 8.32. The first-order valence-electron chi connectivity index (χ1n) is 12.1. The van der Waals surface area contributed by atoms with E-state index in [4.69, 9.17) is 4.74 Å². The predicted octanol–water partition coefficient (Wildman–Crippen LogP) is 4.63. The molecule has 0 radical (unpaired) electrons. The zero-order valence-electron chi connectivity index (χ0n) is 21.2. The average molecular weight is 501 g/mol. The van der Waals surface area contributed by atoms with Gasteiger partial charge in [-0.1, -0.05) is 39.3 Å². The van der Waals surface area contributed by atoms with Gasteiger partial charge >= 0.3 is 5.97 Å². The highest BCUT2D eigenvalue weighted by atomic mass is 32.2. The van der Waals surface area contributed by atoms with Crippen LogP contribution < -0.4 is 0 Å². The Morgan fingerprint density at radius 1 is 1.17 bits per heavy atom. The lowest BCUT2D eigenvalue weighted by molar-refractivity contribution is -0.144. The van der Waals surface area contributed by atoms with Gasteiger partial charge in [0.15, 0.2) is 0 Å².